The summed E-state index contributed by atoms with van der Waals surface area (Å²) in [4.78, 5) is 4.68. The Morgan fingerprint density at radius 1 is 1.09 bits per heavy atom. The fourth-order valence-corrected chi connectivity index (χ4v) is 2.71. The lowest BCUT2D eigenvalue weighted by molar-refractivity contribution is 0.309. The Balaban J connectivity index is 1.76. The van der Waals surface area contributed by atoms with Gasteiger partial charge in [0.15, 0.2) is 0 Å². The molecule has 0 aliphatic carbocycles. The topological polar surface area (TPSA) is 21.6 Å². The van der Waals surface area contributed by atoms with Crippen LogP contribution in [0.2, 0.25) is 0 Å². The summed E-state index contributed by atoms with van der Waals surface area (Å²) >= 11 is 0. The molecule has 0 radical (unpaired) electrons. The molecule has 0 fully saturated rings. The molecule has 23 heavy (non-hydrogen) atoms. The minimum Gasteiger partial charge on any atom is -0.494 e. The van der Waals surface area contributed by atoms with Crippen molar-refractivity contribution in [1.29, 1.82) is 0 Å². The third kappa shape index (κ3) is 4.10. The Kier molecular flexibility index (Phi) is 5.25. The SMILES string of the molecule is CCCCOc1ccc2c(c1)CCN=C2/C=C/c1ccccc1. The van der Waals surface area contributed by atoms with Crippen LogP contribution in [0, 0.1) is 0 Å². The Morgan fingerprint density at radius 3 is 2.78 bits per heavy atom. The van der Waals surface area contributed by atoms with Crippen LogP contribution in [0.25, 0.3) is 6.08 Å². The lowest BCUT2D eigenvalue weighted by atomic mass is 9.96. The van der Waals surface area contributed by atoms with Crippen molar-refractivity contribution in [1.82, 2.24) is 0 Å². The van der Waals surface area contributed by atoms with Crippen molar-refractivity contribution < 1.29 is 4.74 Å². The molecule has 0 saturated carbocycles. The van der Waals surface area contributed by atoms with E-state index in [2.05, 4.69) is 66.5 Å². The maximum absolute atomic E-state index is 5.82. The minimum absolute atomic E-state index is 0.796. The van der Waals surface area contributed by atoms with Gasteiger partial charge in [-0.05, 0) is 48.2 Å². The van der Waals surface area contributed by atoms with E-state index in [0.29, 0.717) is 0 Å². The number of ether oxygens (including phenoxy) is 1. The summed E-state index contributed by atoms with van der Waals surface area (Å²) in [7, 11) is 0. The van der Waals surface area contributed by atoms with Crippen LogP contribution in [0.15, 0.2) is 59.6 Å². The molecule has 2 heteroatoms. The average molecular weight is 305 g/mol. The van der Waals surface area contributed by atoms with Crippen LogP contribution < -0.4 is 4.74 Å². The summed E-state index contributed by atoms with van der Waals surface area (Å²) in [5, 5.41) is 0. The van der Waals surface area contributed by atoms with Crippen molar-refractivity contribution >= 4 is 11.8 Å². The number of nitrogens with zero attached hydrogens (tertiary/aromatic N) is 1. The predicted molar refractivity (Wildman–Crippen MR) is 97.4 cm³/mol. The van der Waals surface area contributed by atoms with Gasteiger partial charge >= 0.3 is 0 Å². The molecule has 0 aromatic heterocycles. The number of hydrogen-bond acceptors (Lipinski definition) is 2. The van der Waals surface area contributed by atoms with Gasteiger partial charge in [-0.2, -0.15) is 0 Å². The molecule has 2 nitrogen and oxygen atoms in total. The van der Waals surface area contributed by atoms with Crippen molar-refractivity contribution in [3.8, 4) is 5.75 Å². The summed E-state index contributed by atoms with van der Waals surface area (Å²) in [6.45, 7) is 3.82. The molecule has 1 heterocycles. The predicted octanol–water partition coefficient (Wildman–Crippen LogP) is 4.92. The fraction of sp³-hybridized carbons (Fsp3) is 0.286. The highest BCUT2D eigenvalue weighted by Crippen LogP contribution is 2.23. The van der Waals surface area contributed by atoms with E-state index in [1.165, 1.54) is 16.7 Å². The van der Waals surface area contributed by atoms with E-state index in [1.807, 2.05) is 6.07 Å². The van der Waals surface area contributed by atoms with Gasteiger partial charge in [-0.1, -0.05) is 49.8 Å². The molecule has 3 rings (SSSR count). The maximum atomic E-state index is 5.82. The van der Waals surface area contributed by atoms with Gasteiger partial charge in [-0.25, -0.2) is 0 Å². The zero-order valence-electron chi connectivity index (χ0n) is 13.7. The zero-order chi connectivity index (χ0) is 15.9. The first-order chi connectivity index (χ1) is 11.4. The molecule has 0 amide bonds. The minimum atomic E-state index is 0.796. The van der Waals surface area contributed by atoms with E-state index in [-0.39, 0.29) is 0 Å². The Morgan fingerprint density at radius 2 is 1.96 bits per heavy atom. The van der Waals surface area contributed by atoms with Gasteiger partial charge < -0.3 is 4.74 Å². The molecule has 0 bridgehead atoms. The number of benzene rings is 2. The van der Waals surface area contributed by atoms with E-state index in [0.717, 1.165) is 43.9 Å². The van der Waals surface area contributed by atoms with Crippen molar-refractivity contribution in [3.63, 3.8) is 0 Å². The number of rotatable bonds is 6. The Bertz CT molecular complexity index is 701. The number of unbranched alkanes of at least 4 members (excludes halogenated alkanes) is 1. The largest absolute Gasteiger partial charge is 0.494 e. The maximum Gasteiger partial charge on any atom is 0.119 e. The van der Waals surface area contributed by atoms with Gasteiger partial charge in [0.05, 0.1) is 12.3 Å². The molecule has 0 spiro atoms. The van der Waals surface area contributed by atoms with E-state index in [1.54, 1.807) is 0 Å². The molecule has 0 N–H and O–H groups in total. The van der Waals surface area contributed by atoms with E-state index < -0.39 is 0 Å². The van der Waals surface area contributed by atoms with Crippen LogP contribution in [0.3, 0.4) is 0 Å². The molecule has 2 aromatic carbocycles. The molecular formula is C21H23NO. The second-order valence-corrected chi connectivity index (χ2v) is 5.78. The highest BCUT2D eigenvalue weighted by molar-refractivity contribution is 6.12. The Labute approximate surface area is 138 Å². The number of hydrogen-bond donors (Lipinski definition) is 0. The number of allylic oxidation sites excluding steroid dienone is 1. The lowest BCUT2D eigenvalue weighted by Gasteiger charge is -2.16. The monoisotopic (exact) mass is 305 g/mol. The molecule has 1 aliphatic rings. The van der Waals surface area contributed by atoms with Crippen molar-refractivity contribution in [3.05, 3.63) is 71.3 Å². The van der Waals surface area contributed by atoms with Crippen LogP contribution in [0.4, 0.5) is 0 Å². The third-order valence-corrected chi connectivity index (χ3v) is 4.02. The first-order valence-corrected chi connectivity index (χ1v) is 8.40. The third-order valence-electron chi connectivity index (χ3n) is 4.02. The summed E-state index contributed by atoms with van der Waals surface area (Å²) in [5.41, 5.74) is 4.82. The van der Waals surface area contributed by atoms with Gasteiger partial charge in [-0.15, -0.1) is 0 Å². The first-order valence-electron chi connectivity index (χ1n) is 8.40. The van der Waals surface area contributed by atoms with Gasteiger partial charge in [0.1, 0.15) is 5.75 Å². The average Bonchev–Trinajstić information content (AvgIpc) is 2.61. The van der Waals surface area contributed by atoms with Crippen LogP contribution >= 0.6 is 0 Å². The van der Waals surface area contributed by atoms with Gasteiger partial charge in [0.25, 0.3) is 0 Å². The van der Waals surface area contributed by atoms with Gasteiger partial charge in [0.2, 0.25) is 0 Å². The number of fused-ring (bicyclic) bond motifs is 1. The van der Waals surface area contributed by atoms with E-state index >= 15 is 0 Å². The van der Waals surface area contributed by atoms with Crippen LogP contribution in [0.5, 0.6) is 5.75 Å². The summed E-state index contributed by atoms with van der Waals surface area (Å²) < 4.78 is 5.82. The fourth-order valence-electron chi connectivity index (χ4n) is 2.71. The van der Waals surface area contributed by atoms with Gasteiger partial charge in [-0.3, -0.25) is 4.99 Å². The summed E-state index contributed by atoms with van der Waals surface area (Å²) in [5.74, 6) is 0.977. The second kappa shape index (κ2) is 7.77. The smallest absolute Gasteiger partial charge is 0.119 e. The van der Waals surface area contributed by atoms with E-state index in [9.17, 15) is 0 Å². The molecule has 0 atom stereocenters. The normalized spacial score (nSPS) is 13.7. The van der Waals surface area contributed by atoms with Crippen LogP contribution in [0.1, 0.15) is 36.5 Å². The molecular weight excluding hydrogens is 282 g/mol. The second-order valence-electron chi connectivity index (χ2n) is 5.78. The van der Waals surface area contributed by atoms with Crippen molar-refractivity contribution in [2.75, 3.05) is 13.2 Å². The zero-order valence-corrected chi connectivity index (χ0v) is 13.7. The van der Waals surface area contributed by atoms with Crippen LogP contribution in [-0.2, 0) is 6.42 Å². The van der Waals surface area contributed by atoms with Crippen molar-refractivity contribution in [2.24, 2.45) is 4.99 Å². The first kappa shape index (κ1) is 15.5. The lowest BCUT2D eigenvalue weighted by Crippen LogP contribution is -2.11. The standard InChI is InChI=1S/C21H23NO/c1-2-3-15-23-19-10-11-20-18(16-19)13-14-22-21(20)12-9-17-7-5-4-6-8-17/h4-12,16H,2-3,13-15H2,1H3/b12-9+. The molecule has 0 unspecified atom stereocenters. The van der Waals surface area contributed by atoms with Crippen LogP contribution in [-0.4, -0.2) is 18.9 Å². The highest BCUT2D eigenvalue weighted by Gasteiger charge is 2.13. The quantitative estimate of drug-likeness (QED) is 0.694. The van der Waals surface area contributed by atoms with Crippen molar-refractivity contribution in [2.45, 2.75) is 26.2 Å². The number of aliphatic imine (C=N–C) groups is 1. The molecule has 2 aromatic rings. The highest BCUT2D eigenvalue weighted by atomic mass is 16.5. The molecule has 1 aliphatic heterocycles. The molecule has 118 valence electrons. The Hall–Kier alpha value is -2.35. The molecule has 0 saturated heterocycles. The van der Waals surface area contributed by atoms with E-state index in [4.69, 9.17) is 4.74 Å². The van der Waals surface area contributed by atoms with Gasteiger partial charge in [0, 0.05) is 12.1 Å². The summed E-state index contributed by atoms with van der Waals surface area (Å²) in [6, 6.07) is 16.7. The summed E-state index contributed by atoms with van der Waals surface area (Å²) in [6.07, 6.45) is 7.49.